The van der Waals surface area contributed by atoms with Crippen molar-refractivity contribution in [2.45, 2.75) is 18.6 Å². The first-order valence-electron chi connectivity index (χ1n) is 3.87. The van der Waals surface area contributed by atoms with Crippen molar-refractivity contribution in [3.8, 4) is 0 Å². The van der Waals surface area contributed by atoms with Gasteiger partial charge in [0.1, 0.15) is 6.04 Å². The number of carbonyl (C=O) groups is 2. The van der Waals surface area contributed by atoms with E-state index in [1.54, 1.807) is 0 Å². The Balaban J connectivity index is 2.27. The molecule has 0 bridgehead atoms. The Morgan fingerprint density at radius 3 is 2.75 bits per heavy atom. The fourth-order valence-electron chi connectivity index (χ4n) is 1.77. The smallest absolute Gasteiger partial charge is 0.327 e. The number of aliphatic hydroxyl groups excluding tert-OH is 1. The molecule has 3 amide bonds. The predicted octanol–water partition coefficient (Wildman–Crippen LogP) is -0.986. The molecule has 2 aliphatic heterocycles. The molecule has 2 rings (SSSR count). The van der Waals surface area contributed by atoms with Crippen molar-refractivity contribution in [2.24, 2.45) is 0 Å². The van der Waals surface area contributed by atoms with Crippen LogP contribution in [0.3, 0.4) is 0 Å². The van der Waals surface area contributed by atoms with E-state index >= 15 is 0 Å². The number of rotatable bonds is 0. The second kappa shape index (κ2) is 2.20. The number of carbonyl (C=O) groups excluding carboxylic acids is 2. The summed E-state index contributed by atoms with van der Waals surface area (Å²) < 4.78 is 0. The minimum absolute atomic E-state index is 0.198. The number of amides is 3. The van der Waals surface area contributed by atoms with Gasteiger partial charge in [-0.15, -0.1) is 0 Å². The maximum atomic E-state index is 11.3. The number of aliphatic hydroxyl groups is 1. The quantitative estimate of drug-likeness (QED) is 0.475. The van der Waals surface area contributed by atoms with Crippen LogP contribution in [0.15, 0.2) is 0 Å². The van der Waals surface area contributed by atoms with Crippen LogP contribution in [0.1, 0.15) is 6.42 Å². The Hall–Kier alpha value is -1.10. The molecule has 0 saturated carbocycles. The number of nitrogens with zero attached hydrogens (tertiary/aromatic N) is 2. The van der Waals surface area contributed by atoms with Crippen LogP contribution >= 0.6 is 0 Å². The number of likely N-dealkylation sites (N-methyl/N-ethyl adjacent to an activating group) is 1. The van der Waals surface area contributed by atoms with Gasteiger partial charge in [0.15, 0.2) is 0 Å². The van der Waals surface area contributed by atoms with Gasteiger partial charge < -0.3 is 10.0 Å². The third kappa shape index (κ3) is 0.768. The molecule has 0 aromatic carbocycles. The summed E-state index contributed by atoms with van der Waals surface area (Å²) in [5.41, 5.74) is 0. The number of hydrogen-bond donors (Lipinski definition) is 1. The van der Waals surface area contributed by atoms with Crippen molar-refractivity contribution in [1.82, 2.24) is 9.80 Å². The van der Waals surface area contributed by atoms with Crippen molar-refractivity contribution in [1.29, 1.82) is 0 Å². The Morgan fingerprint density at radius 2 is 2.17 bits per heavy atom. The average Bonchev–Trinajstić information content (AvgIpc) is 2.49. The van der Waals surface area contributed by atoms with Crippen LogP contribution in [0, 0.1) is 0 Å². The van der Waals surface area contributed by atoms with Gasteiger partial charge in [-0.2, -0.15) is 0 Å². The molecule has 0 aromatic rings. The van der Waals surface area contributed by atoms with E-state index in [9.17, 15) is 14.7 Å². The molecule has 5 nitrogen and oxygen atoms in total. The van der Waals surface area contributed by atoms with Gasteiger partial charge in [-0.25, -0.2) is 4.79 Å². The van der Waals surface area contributed by atoms with Crippen LogP contribution in [0.25, 0.3) is 0 Å². The third-order valence-corrected chi connectivity index (χ3v) is 2.43. The topological polar surface area (TPSA) is 60.9 Å². The first kappa shape index (κ1) is 7.54. The molecule has 1 N–H and O–H groups in total. The molecule has 2 heterocycles. The van der Waals surface area contributed by atoms with Crippen LogP contribution in [0.5, 0.6) is 0 Å². The highest BCUT2D eigenvalue weighted by molar-refractivity contribution is 6.04. The first-order chi connectivity index (χ1) is 5.61. The van der Waals surface area contributed by atoms with Gasteiger partial charge >= 0.3 is 6.03 Å². The zero-order valence-electron chi connectivity index (χ0n) is 6.73. The van der Waals surface area contributed by atoms with Crippen molar-refractivity contribution < 1.29 is 14.7 Å². The van der Waals surface area contributed by atoms with Crippen LogP contribution in [-0.2, 0) is 4.79 Å². The zero-order chi connectivity index (χ0) is 8.88. The predicted molar refractivity (Wildman–Crippen MR) is 39.3 cm³/mol. The van der Waals surface area contributed by atoms with Gasteiger partial charge in [0.25, 0.3) is 5.91 Å². The molecular weight excluding hydrogens is 160 g/mol. The van der Waals surface area contributed by atoms with Crippen molar-refractivity contribution in [2.75, 3.05) is 13.6 Å². The molecule has 12 heavy (non-hydrogen) atoms. The molecule has 0 unspecified atom stereocenters. The number of hydrogen-bond acceptors (Lipinski definition) is 3. The van der Waals surface area contributed by atoms with Crippen molar-refractivity contribution in [3.05, 3.63) is 0 Å². The van der Waals surface area contributed by atoms with Crippen molar-refractivity contribution in [3.63, 3.8) is 0 Å². The summed E-state index contributed by atoms with van der Waals surface area (Å²) in [4.78, 5) is 25.1. The van der Waals surface area contributed by atoms with Crippen LogP contribution in [-0.4, -0.2) is 52.6 Å². The lowest BCUT2D eigenvalue weighted by Gasteiger charge is -2.11. The maximum Gasteiger partial charge on any atom is 0.327 e. The van der Waals surface area contributed by atoms with Gasteiger partial charge in [-0.3, -0.25) is 9.69 Å². The summed E-state index contributed by atoms with van der Waals surface area (Å²) in [6.07, 6.45) is -0.147. The summed E-state index contributed by atoms with van der Waals surface area (Å²) in [5.74, 6) is -0.198. The summed E-state index contributed by atoms with van der Waals surface area (Å²) in [7, 11) is 1.47. The van der Waals surface area contributed by atoms with E-state index in [1.165, 1.54) is 11.9 Å². The summed E-state index contributed by atoms with van der Waals surface area (Å²) >= 11 is 0. The van der Waals surface area contributed by atoms with Crippen LogP contribution < -0.4 is 0 Å². The lowest BCUT2D eigenvalue weighted by Crippen LogP contribution is -2.31. The second-order valence-electron chi connectivity index (χ2n) is 3.24. The molecular formula is C7H10N2O3. The molecule has 2 fully saturated rings. The Kier molecular flexibility index (Phi) is 1.38. The van der Waals surface area contributed by atoms with E-state index in [0.29, 0.717) is 13.0 Å². The Labute approximate surface area is 69.6 Å². The molecule has 2 aliphatic rings. The SMILES string of the molecule is CN1C(=O)[C@@H]2C[C@@H](O)CN2C1=O. The van der Waals surface area contributed by atoms with E-state index in [2.05, 4.69) is 0 Å². The standard InChI is InChI=1S/C7H10N2O3/c1-8-6(11)5-2-4(10)3-9(5)7(8)12/h4-5,10H,2-3H2,1H3/t4-,5+/m1/s1. The molecule has 0 aromatic heterocycles. The van der Waals surface area contributed by atoms with Gasteiger partial charge in [-0.1, -0.05) is 0 Å². The maximum absolute atomic E-state index is 11.3. The first-order valence-corrected chi connectivity index (χ1v) is 3.87. The summed E-state index contributed by atoms with van der Waals surface area (Å²) in [6, 6.07) is -0.695. The minimum Gasteiger partial charge on any atom is -0.391 e. The Bertz CT molecular complexity index is 229. The lowest BCUT2D eigenvalue weighted by atomic mass is 10.2. The molecule has 5 heteroatoms. The molecule has 2 atom stereocenters. The van der Waals surface area contributed by atoms with Crippen LogP contribution in [0.4, 0.5) is 4.79 Å². The average molecular weight is 170 g/mol. The van der Waals surface area contributed by atoms with E-state index in [0.717, 1.165) is 4.90 Å². The zero-order valence-corrected chi connectivity index (χ0v) is 6.73. The number of imide groups is 1. The van der Waals surface area contributed by atoms with Gasteiger partial charge in [0, 0.05) is 20.0 Å². The fraction of sp³-hybridized carbons (Fsp3) is 0.714. The monoisotopic (exact) mass is 170 g/mol. The molecule has 0 spiro atoms. The third-order valence-electron chi connectivity index (χ3n) is 2.43. The highest BCUT2D eigenvalue weighted by Crippen LogP contribution is 2.26. The summed E-state index contributed by atoms with van der Waals surface area (Å²) in [5, 5.41) is 9.19. The molecule has 66 valence electrons. The van der Waals surface area contributed by atoms with Gasteiger partial charge in [-0.05, 0) is 0 Å². The number of urea groups is 1. The van der Waals surface area contributed by atoms with Gasteiger partial charge in [0.2, 0.25) is 0 Å². The van der Waals surface area contributed by atoms with Crippen molar-refractivity contribution >= 4 is 11.9 Å². The van der Waals surface area contributed by atoms with E-state index in [-0.39, 0.29) is 11.9 Å². The normalized spacial score (nSPS) is 34.8. The second-order valence-corrected chi connectivity index (χ2v) is 3.24. The minimum atomic E-state index is -0.531. The fourth-order valence-corrected chi connectivity index (χ4v) is 1.77. The highest BCUT2D eigenvalue weighted by atomic mass is 16.3. The molecule has 2 saturated heterocycles. The lowest BCUT2D eigenvalue weighted by molar-refractivity contribution is -0.127. The van der Waals surface area contributed by atoms with E-state index in [1.807, 2.05) is 0 Å². The molecule has 0 aliphatic carbocycles. The highest BCUT2D eigenvalue weighted by Gasteiger charge is 2.48. The Morgan fingerprint density at radius 1 is 1.50 bits per heavy atom. The molecule has 0 radical (unpaired) electrons. The summed E-state index contributed by atoms with van der Waals surface area (Å²) in [6.45, 7) is 0.291. The van der Waals surface area contributed by atoms with E-state index < -0.39 is 12.1 Å². The largest absolute Gasteiger partial charge is 0.391 e. The van der Waals surface area contributed by atoms with E-state index in [4.69, 9.17) is 0 Å². The van der Waals surface area contributed by atoms with Crippen LogP contribution in [0.2, 0.25) is 0 Å². The number of fused-ring (bicyclic) bond motifs is 1. The van der Waals surface area contributed by atoms with Gasteiger partial charge in [0.05, 0.1) is 6.10 Å².